The van der Waals surface area contributed by atoms with E-state index in [0.717, 1.165) is 6.42 Å². The van der Waals surface area contributed by atoms with Crippen LogP contribution in [0.5, 0.6) is 0 Å². The molecule has 5 rings (SSSR count). The van der Waals surface area contributed by atoms with Gasteiger partial charge >= 0.3 is 12.1 Å². The van der Waals surface area contributed by atoms with Crippen LogP contribution in [-0.2, 0) is 15.7 Å². The maximum absolute atomic E-state index is 13.6. The number of ketones is 1. The molecule has 0 bridgehead atoms. The van der Waals surface area contributed by atoms with E-state index < -0.39 is 35.4 Å². The van der Waals surface area contributed by atoms with E-state index in [1.165, 1.54) is 31.5 Å². The predicted octanol–water partition coefficient (Wildman–Crippen LogP) is 6.45. The Hall–Kier alpha value is -4.80. The van der Waals surface area contributed by atoms with Crippen LogP contribution in [0, 0.1) is 11.8 Å². The van der Waals surface area contributed by atoms with Gasteiger partial charge in [0.15, 0.2) is 11.5 Å². The summed E-state index contributed by atoms with van der Waals surface area (Å²) in [5, 5.41) is 2.38. The Kier molecular flexibility index (Phi) is 7.69. The molecule has 2 aromatic carbocycles. The molecule has 0 saturated heterocycles. The fourth-order valence-corrected chi connectivity index (χ4v) is 4.93. The summed E-state index contributed by atoms with van der Waals surface area (Å²) in [6, 6.07) is 17.8. The van der Waals surface area contributed by atoms with Gasteiger partial charge < -0.3 is 14.5 Å². The number of aromatic nitrogens is 2. The minimum absolute atomic E-state index is 0.114. The smallest absolute Gasteiger partial charge is 0.452 e. The second-order valence-electron chi connectivity index (χ2n) is 9.56. The average Bonchev–Trinajstić information content (AvgIpc) is 3.66. The number of ether oxygens (including phenoxy) is 1. The van der Waals surface area contributed by atoms with E-state index in [1.807, 2.05) is 0 Å². The first-order valence-electron chi connectivity index (χ1n) is 12.8. The highest BCUT2D eigenvalue weighted by Gasteiger charge is 2.42. The van der Waals surface area contributed by atoms with E-state index in [2.05, 4.69) is 15.3 Å². The van der Waals surface area contributed by atoms with Crippen LogP contribution >= 0.6 is 0 Å². The normalized spacial score (nSPS) is 16.8. The number of carbonyl (C=O) groups is 3. The van der Waals surface area contributed by atoms with Crippen LogP contribution in [0.2, 0.25) is 0 Å². The van der Waals surface area contributed by atoms with E-state index in [9.17, 15) is 27.6 Å². The van der Waals surface area contributed by atoms with Crippen molar-refractivity contribution in [3.05, 3.63) is 89.9 Å². The zero-order chi connectivity index (χ0) is 29.1. The van der Waals surface area contributed by atoms with E-state index in [-0.39, 0.29) is 23.3 Å². The minimum Gasteiger partial charge on any atom is -0.469 e. The highest BCUT2D eigenvalue weighted by Crippen LogP contribution is 2.37. The molecule has 0 radical (unpaired) electrons. The SMILES string of the molecule is COC(=O)C1CCCC1C(=O)c1ccc(-c2ccc(NC(=O)c3nc(-c4ccccc4)oc3C(F)(F)F)cn2)cc1. The van der Waals surface area contributed by atoms with Crippen LogP contribution < -0.4 is 5.32 Å². The number of methoxy groups -OCH3 is 1. The number of nitrogens with zero attached hydrogens (tertiary/aromatic N) is 2. The molecule has 1 fully saturated rings. The van der Waals surface area contributed by atoms with E-state index in [1.54, 1.807) is 48.5 Å². The maximum Gasteiger partial charge on any atom is 0.452 e. The van der Waals surface area contributed by atoms with Gasteiger partial charge in [-0.1, -0.05) is 48.9 Å². The van der Waals surface area contributed by atoms with Crippen LogP contribution in [0.4, 0.5) is 18.9 Å². The third kappa shape index (κ3) is 5.88. The molecule has 0 spiro atoms. The zero-order valence-corrected chi connectivity index (χ0v) is 21.8. The number of alkyl halides is 3. The van der Waals surface area contributed by atoms with Crippen LogP contribution in [0.1, 0.15) is 45.9 Å². The van der Waals surface area contributed by atoms with Gasteiger partial charge in [-0.2, -0.15) is 13.2 Å². The molecule has 8 nitrogen and oxygen atoms in total. The molecule has 1 aliphatic rings. The number of hydrogen-bond donors (Lipinski definition) is 1. The fraction of sp³-hybridized carbons (Fsp3) is 0.233. The van der Waals surface area contributed by atoms with Crippen molar-refractivity contribution in [3.63, 3.8) is 0 Å². The molecule has 210 valence electrons. The number of anilines is 1. The maximum atomic E-state index is 13.6. The zero-order valence-electron chi connectivity index (χ0n) is 21.8. The van der Waals surface area contributed by atoms with Crippen molar-refractivity contribution in [2.75, 3.05) is 12.4 Å². The molecule has 2 atom stereocenters. The molecule has 1 N–H and O–H groups in total. The Morgan fingerprint density at radius 2 is 1.63 bits per heavy atom. The number of Topliss-reactive ketones (excluding diaryl/α,β-unsaturated/α-hetero) is 1. The molecule has 41 heavy (non-hydrogen) atoms. The third-order valence-electron chi connectivity index (χ3n) is 6.96. The van der Waals surface area contributed by atoms with Gasteiger partial charge in [0.05, 0.1) is 30.6 Å². The number of nitrogens with one attached hydrogen (secondary N) is 1. The molecule has 1 saturated carbocycles. The van der Waals surface area contributed by atoms with E-state index in [0.29, 0.717) is 35.2 Å². The van der Waals surface area contributed by atoms with Crippen molar-refractivity contribution in [2.45, 2.75) is 25.4 Å². The van der Waals surface area contributed by atoms with E-state index in [4.69, 9.17) is 9.15 Å². The van der Waals surface area contributed by atoms with Gasteiger partial charge in [-0.05, 0) is 37.1 Å². The summed E-state index contributed by atoms with van der Waals surface area (Å²) in [4.78, 5) is 45.9. The van der Waals surface area contributed by atoms with Crippen LogP contribution in [0.15, 0.2) is 77.3 Å². The molecule has 2 aromatic heterocycles. The first-order valence-corrected chi connectivity index (χ1v) is 12.8. The van der Waals surface area contributed by atoms with Gasteiger partial charge in [0.25, 0.3) is 5.91 Å². The molecular formula is C30H24F3N3O5. The molecule has 2 unspecified atom stereocenters. The summed E-state index contributed by atoms with van der Waals surface area (Å²) in [7, 11) is 1.32. The van der Waals surface area contributed by atoms with Crippen molar-refractivity contribution in [3.8, 4) is 22.7 Å². The number of halogens is 3. The summed E-state index contributed by atoms with van der Waals surface area (Å²) < 4.78 is 50.5. The topological polar surface area (TPSA) is 111 Å². The molecule has 2 heterocycles. The Bertz CT molecular complexity index is 1570. The van der Waals surface area contributed by atoms with Crippen LogP contribution in [0.25, 0.3) is 22.7 Å². The first-order chi connectivity index (χ1) is 19.7. The van der Waals surface area contributed by atoms with Gasteiger partial charge in [0.2, 0.25) is 11.7 Å². The highest BCUT2D eigenvalue weighted by atomic mass is 19.4. The monoisotopic (exact) mass is 563 g/mol. The summed E-state index contributed by atoms with van der Waals surface area (Å²) in [6.07, 6.45) is -1.60. The number of pyridine rings is 1. The molecule has 11 heteroatoms. The number of oxazole rings is 1. The van der Waals surface area contributed by atoms with Crippen LogP contribution in [0.3, 0.4) is 0 Å². The predicted molar refractivity (Wildman–Crippen MR) is 142 cm³/mol. The van der Waals surface area contributed by atoms with E-state index >= 15 is 0 Å². The summed E-state index contributed by atoms with van der Waals surface area (Å²) in [6.45, 7) is 0. The molecule has 0 aliphatic heterocycles. The average molecular weight is 564 g/mol. The second-order valence-corrected chi connectivity index (χ2v) is 9.56. The number of hydrogen-bond acceptors (Lipinski definition) is 7. The molecular weight excluding hydrogens is 539 g/mol. The Balaban J connectivity index is 1.29. The van der Waals surface area contributed by atoms with Crippen molar-refractivity contribution in [1.82, 2.24) is 9.97 Å². The van der Waals surface area contributed by atoms with Gasteiger partial charge in [0.1, 0.15) is 0 Å². The summed E-state index contributed by atoms with van der Waals surface area (Å²) in [5.74, 6) is -4.26. The van der Waals surface area contributed by atoms with Crippen LogP contribution in [-0.4, -0.2) is 34.7 Å². The van der Waals surface area contributed by atoms with Crippen molar-refractivity contribution in [2.24, 2.45) is 11.8 Å². The highest BCUT2D eigenvalue weighted by molar-refractivity contribution is 6.04. The number of amides is 1. The molecule has 1 aliphatic carbocycles. The quantitative estimate of drug-likeness (QED) is 0.203. The van der Waals surface area contributed by atoms with Crippen molar-refractivity contribution < 1.29 is 36.7 Å². The van der Waals surface area contributed by atoms with Gasteiger partial charge in [-0.25, -0.2) is 4.98 Å². The van der Waals surface area contributed by atoms with Gasteiger partial charge in [-0.3, -0.25) is 19.4 Å². The fourth-order valence-electron chi connectivity index (χ4n) is 4.93. The molecule has 1 amide bonds. The van der Waals surface area contributed by atoms with Gasteiger partial charge in [-0.15, -0.1) is 0 Å². The van der Waals surface area contributed by atoms with Crippen molar-refractivity contribution in [1.29, 1.82) is 0 Å². The van der Waals surface area contributed by atoms with Gasteiger partial charge in [0, 0.05) is 22.6 Å². The lowest BCUT2D eigenvalue weighted by Crippen LogP contribution is -2.26. The lowest BCUT2D eigenvalue weighted by Gasteiger charge is -2.16. The number of carbonyl (C=O) groups excluding carboxylic acids is 3. The third-order valence-corrected chi connectivity index (χ3v) is 6.96. The number of benzene rings is 2. The standard InChI is InChI=1S/C30H24F3N3O5/c1-40-29(39)22-9-5-8-21(22)25(37)18-12-10-17(11-13-18)23-15-14-20(16-34-23)35-27(38)24-26(30(31,32)33)41-28(36-24)19-6-3-2-4-7-19/h2-4,6-7,10-16,21-22H,5,8-9H2,1H3,(H,35,38). The Morgan fingerprint density at radius 1 is 0.927 bits per heavy atom. The lowest BCUT2D eigenvalue weighted by atomic mass is 9.88. The Morgan fingerprint density at radius 3 is 2.27 bits per heavy atom. The minimum atomic E-state index is -4.93. The lowest BCUT2D eigenvalue weighted by molar-refractivity contribution is -0.153. The number of rotatable bonds is 7. The second kappa shape index (κ2) is 11.4. The Labute approximate surface area is 232 Å². The number of esters is 1. The first kappa shape index (κ1) is 27.8. The largest absolute Gasteiger partial charge is 0.469 e. The summed E-state index contributed by atoms with van der Waals surface area (Å²) in [5.41, 5.74) is 1.22. The van der Waals surface area contributed by atoms with Crippen molar-refractivity contribution >= 4 is 23.3 Å². The summed E-state index contributed by atoms with van der Waals surface area (Å²) >= 11 is 0. The molecule has 4 aromatic rings.